The lowest BCUT2D eigenvalue weighted by Gasteiger charge is -2.01. The first-order valence-corrected chi connectivity index (χ1v) is 5.55. The molecule has 0 aromatic rings. The lowest BCUT2D eigenvalue weighted by atomic mass is 10.0. The van der Waals surface area contributed by atoms with Gasteiger partial charge in [-0.15, -0.1) is 0 Å². The molecule has 2 aliphatic rings. The standard InChI is InChI=1S/C8H10O2.C4H4O4/c9-7-1-5-2-8(10)4-6(5)3-7;5-3(6)1-2-4(7)8/h5-6H,1-4H2;1-2H,(H,5,6)(H,7,8). The van der Waals surface area contributed by atoms with Gasteiger partial charge in [0, 0.05) is 37.8 Å². The van der Waals surface area contributed by atoms with E-state index >= 15 is 0 Å². The molecule has 98 valence electrons. The van der Waals surface area contributed by atoms with E-state index in [9.17, 15) is 19.2 Å². The Balaban J connectivity index is 0.000000187. The fourth-order valence-electron chi connectivity index (χ4n) is 2.29. The fourth-order valence-corrected chi connectivity index (χ4v) is 2.29. The number of rotatable bonds is 2. The Hall–Kier alpha value is -1.98. The van der Waals surface area contributed by atoms with Gasteiger partial charge in [-0.3, -0.25) is 9.59 Å². The van der Waals surface area contributed by atoms with Gasteiger partial charge in [0.15, 0.2) is 0 Å². The van der Waals surface area contributed by atoms with Crippen LogP contribution in [0.25, 0.3) is 0 Å². The van der Waals surface area contributed by atoms with Crippen molar-refractivity contribution < 1.29 is 29.4 Å². The van der Waals surface area contributed by atoms with Crippen LogP contribution in [-0.4, -0.2) is 33.7 Å². The van der Waals surface area contributed by atoms with E-state index < -0.39 is 11.9 Å². The van der Waals surface area contributed by atoms with E-state index in [2.05, 4.69) is 0 Å². The third-order valence-corrected chi connectivity index (χ3v) is 2.99. The molecule has 0 spiro atoms. The molecule has 0 atom stereocenters. The van der Waals surface area contributed by atoms with Crippen LogP contribution in [0.1, 0.15) is 25.7 Å². The van der Waals surface area contributed by atoms with Gasteiger partial charge in [0.1, 0.15) is 11.6 Å². The molecule has 6 nitrogen and oxygen atoms in total. The lowest BCUT2D eigenvalue weighted by molar-refractivity contribution is -0.134. The highest BCUT2D eigenvalue weighted by atomic mass is 16.4. The van der Waals surface area contributed by atoms with Gasteiger partial charge in [-0.05, 0) is 11.8 Å². The lowest BCUT2D eigenvalue weighted by Crippen LogP contribution is -1.96. The summed E-state index contributed by atoms with van der Waals surface area (Å²) < 4.78 is 0. The van der Waals surface area contributed by atoms with Crippen LogP contribution in [0, 0.1) is 11.8 Å². The van der Waals surface area contributed by atoms with Crippen LogP contribution in [0.2, 0.25) is 0 Å². The molecule has 0 saturated heterocycles. The summed E-state index contributed by atoms with van der Waals surface area (Å²) >= 11 is 0. The van der Waals surface area contributed by atoms with Gasteiger partial charge in [0.25, 0.3) is 0 Å². The van der Waals surface area contributed by atoms with Gasteiger partial charge in [0.2, 0.25) is 0 Å². The van der Waals surface area contributed by atoms with Crippen molar-refractivity contribution in [1.82, 2.24) is 0 Å². The van der Waals surface area contributed by atoms with E-state index in [4.69, 9.17) is 10.2 Å². The molecule has 0 aliphatic heterocycles. The maximum absolute atomic E-state index is 10.9. The second-order valence-electron chi connectivity index (χ2n) is 4.42. The molecular weight excluding hydrogens is 240 g/mol. The number of carboxylic acid groups (broad SMARTS) is 2. The van der Waals surface area contributed by atoms with Crippen LogP contribution in [0.15, 0.2) is 12.2 Å². The minimum absolute atomic E-state index is 0.363. The van der Waals surface area contributed by atoms with E-state index in [1.807, 2.05) is 0 Å². The highest BCUT2D eigenvalue weighted by Gasteiger charge is 2.40. The number of aliphatic carboxylic acids is 2. The Morgan fingerprint density at radius 1 is 0.833 bits per heavy atom. The van der Waals surface area contributed by atoms with Crippen molar-refractivity contribution in [3.8, 4) is 0 Å². The molecule has 0 bridgehead atoms. The summed E-state index contributed by atoms with van der Waals surface area (Å²) in [6, 6.07) is 0. The molecule has 6 heteroatoms. The van der Waals surface area contributed by atoms with Gasteiger partial charge in [0.05, 0.1) is 0 Å². The first-order chi connectivity index (χ1) is 8.38. The summed E-state index contributed by atoms with van der Waals surface area (Å²) in [4.78, 5) is 40.8. The molecule has 2 saturated carbocycles. The first kappa shape index (κ1) is 14.1. The van der Waals surface area contributed by atoms with Crippen molar-refractivity contribution in [1.29, 1.82) is 0 Å². The third-order valence-electron chi connectivity index (χ3n) is 2.99. The quantitative estimate of drug-likeness (QED) is 0.700. The third kappa shape index (κ3) is 4.48. The molecule has 0 heterocycles. The number of Topliss-reactive ketones (excluding diaryl/α,β-unsaturated/α-hetero) is 2. The van der Waals surface area contributed by atoms with E-state index in [0.717, 1.165) is 0 Å². The minimum Gasteiger partial charge on any atom is -0.478 e. The monoisotopic (exact) mass is 254 g/mol. The van der Waals surface area contributed by atoms with Crippen molar-refractivity contribution in [2.45, 2.75) is 25.7 Å². The van der Waals surface area contributed by atoms with Gasteiger partial charge in [-0.25, -0.2) is 9.59 Å². The second kappa shape index (κ2) is 6.09. The van der Waals surface area contributed by atoms with Crippen molar-refractivity contribution in [3.63, 3.8) is 0 Å². The summed E-state index contributed by atoms with van der Waals surface area (Å²) in [6.07, 6.45) is 3.82. The molecule has 2 aliphatic carbocycles. The Labute approximate surface area is 103 Å². The number of carbonyl (C=O) groups excluding carboxylic acids is 2. The van der Waals surface area contributed by atoms with Crippen molar-refractivity contribution in [2.75, 3.05) is 0 Å². The predicted molar refractivity (Wildman–Crippen MR) is 59.9 cm³/mol. The Morgan fingerprint density at radius 3 is 1.33 bits per heavy atom. The molecule has 0 amide bonds. The van der Waals surface area contributed by atoms with Gasteiger partial charge in [-0.2, -0.15) is 0 Å². The first-order valence-electron chi connectivity index (χ1n) is 5.55. The predicted octanol–water partition coefficient (Wildman–Crippen LogP) is 0.656. The zero-order valence-electron chi connectivity index (χ0n) is 9.67. The van der Waals surface area contributed by atoms with Crippen LogP contribution in [0.5, 0.6) is 0 Å². The largest absolute Gasteiger partial charge is 0.478 e. The molecule has 2 N–H and O–H groups in total. The maximum Gasteiger partial charge on any atom is 0.328 e. The van der Waals surface area contributed by atoms with Crippen LogP contribution in [0.3, 0.4) is 0 Å². The molecular formula is C12H14O6. The second-order valence-corrected chi connectivity index (χ2v) is 4.42. The number of ketones is 2. The molecule has 2 rings (SSSR count). The SMILES string of the molecule is O=C(O)C=CC(=O)O.O=C1CC2CC(=O)CC2C1. The average Bonchev–Trinajstić information content (AvgIpc) is 2.71. The van der Waals surface area contributed by atoms with Gasteiger partial charge < -0.3 is 10.2 Å². The number of hydrogen-bond donors (Lipinski definition) is 2. The van der Waals surface area contributed by atoms with Crippen LogP contribution < -0.4 is 0 Å². The molecule has 0 radical (unpaired) electrons. The summed E-state index contributed by atoms with van der Waals surface area (Å²) in [5.74, 6) is -0.926. The van der Waals surface area contributed by atoms with E-state index in [0.29, 0.717) is 61.2 Å². The average molecular weight is 254 g/mol. The summed E-state index contributed by atoms with van der Waals surface area (Å²) in [6.45, 7) is 0. The summed E-state index contributed by atoms with van der Waals surface area (Å²) in [5, 5.41) is 15.6. The molecule has 18 heavy (non-hydrogen) atoms. The number of carbonyl (C=O) groups is 4. The molecule has 2 fully saturated rings. The van der Waals surface area contributed by atoms with Gasteiger partial charge >= 0.3 is 11.9 Å². The highest BCUT2D eigenvalue weighted by Crippen LogP contribution is 2.40. The summed E-state index contributed by atoms with van der Waals surface area (Å²) in [7, 11) is 0. The van der Waals surface area contributed by atoms with E-state index in [1.54, 1.807) is 0 Å². The normalized spacial score (nSPS) is 25.8. The Kier molecular flexibility index (Phi) is 4.76. The van der Waals surface area contributed by atoms with E-state index in [1.165, 1.54) is 0 Å². The topological polar surface area (TPSA) is 109 Å². The fraction of sp³-hybridized carbons (Fsp3) is 0.500. The van der Waals surface area contributed by atoms with Crippen molar-refractivity contribution in [3.05, 3.63) is 12.2 Å². The van der Waals surface area contributed by atoms with Gasteiger partial charge in [-0.1, -0.05) is 0 Å². The Morgan fingerprint density at radius 2 is 1.11 bits per heavy atom. The van der Waals surface area contributed by atoms with Crippen LogP contribution in [0.4, 0.5) is 0 Å². The van der Waals surface area contributed by atoms with E-state index in [-0.39, 0.29) is 0 Å². The summed E-state index contributed by atoms with van der Waals surface area (Å²) in [5.41, 5.74) is 0. The zero-order chi connectivity index (χ0) is 13.7. The number of hydrogen-bond acceptors (Lipinski definition) is 4. The minimum atomic E-state index is -1.26. The molecule has 0 aromatic heterocycles. The highest BCUT2D eigenvalue weighted by molar-refractivity contribution is 5.89. The smallest absolute Gasteiger partial charge is 0.328 e. The molecule has 0 aromatic carbocycles. The zero-order valence-corrected chi connectivity index (χ0v) is 9.67. The molecule has 0 unspecified atom stereocenters. The van der Waals surface area contributed by atoms with Crippen LogP contribution in [-0.2, 0) is 19.2 Å². The van der Waals surface area contributed by atoms with Crippen molar-refractivity contribution >= 4 is 23.5 Å². The van der Waals surface area contributed by atoms with Crippen LogP contribution >= 0.6 is 0 Å². The maximum atomic E-state index is 10.9. The number of carboxylic acids is 2. The number of fused-ring (bicyclic) bond motifs is 1. The van der Waals surface area contributed by atoms with Crippen molar-refractivity contribution in [2.24, 2.45) is 11.8 Å². The Bertz CT molecular complexity index is 355.